The van der Waals surface area contributed by atoms with Gasteiger partial charge in [0, 0.05) is 48.7 Å². The SMILES string of the molecule is Cc1cccnc1OC1CCC(CCn2nc(C(=O)N3CCC(N)CC3)c3c2C[C@H]2C[C@@H]32)CC1. The molecule has 3 fully saturated rings. The number of nitrogens with zero attached hydrogens (tertiary/aromatic N) is 4. The molecule has 0 aromatic carbocycles. The van der Waals surface area contributed by atoms with E-state index >= 15 is 0 Å². The predicted molar refractivity (Wildman–Crippen MR) is 130 cm³/mol. The van der Waals surface area contributed by atoms with E-state index < -0.39 is 0 Å². The van der Waals surface area contributed by atoms with Crippen molar-refractivity contribution in [3.05, 3.63) is 40.8 Å². The second kappa shape index (κ2) is 8.99. The maximum absolute atomic E-state index is 13.3. The Morgan fingerprint density at radius 2 is 1.97 bits per heavy atom. The van der Waals surface area contributed by atoms with Crippen molar-refractivity contribution >= 4 is 5.91 Å². The minimum absolute atomic E-state index is 0.136. The van der Waals surface area contributed by atoms with Gasteiger partial charge in [0.25, 0.3) is 5.91 Å². The van der Waals surface area contributed by atoms with E-state index in [2.05, 4.69) is 22.7 Å². The monoisotopic (exact) mass is 463 g/mol. The van der Waals surface area contributed by atoms with Crippen LogP contribution in [0.5, 0.6) is 5.88 Å². The van der Waals surface area contributed by atoms with Crippen molar-refractivity contribution in [1.29, 1.82) is 0 Å². The molecule has 3 aliphatic carbocycles. The zero-order valence-electron chi connectivity index (χ0n) is 20.3. The summed E-state index contributed by atoms with van der Waals surface area (Å²) in [7, 11) is 0. The van der Waals surface area contributed by atoms with E-state index in [9.17, 15) is 4.79 Å². The summed E-state index contributed by atoms with van der Waals surface area (Å²) in [5.41, 5.74) is 10.5. The van der Waals surface area contributed by atoms with E-state index in [0.29, 0.717) is 11.8 Å². The van der Waals surface area contributed by atoms with Crippen LogP contribution in [0.1, 0.15) is 84.6 Å². The van der Waals surface area contributed by atoms with Gasteiger partial charge in [-0.05, 0) is 88.5 Å². The van der Waals surface area contributed by atoms with E-state index in [1.54, 1.807) is 6.20 Å². The quantitative estimate of drug-likeness (QED) is 0.703. The van der Waals surface area contributed by atoms with Gasteiger partial charge in [0.05, 0.1) is 0 Å². The van der Waals surface area contributed by atoms with Crippen molar-refractivity contribution in [1.82, 2.24) is 19.7 Å². The molecule has 2 aromatic heterocycles. The van der Waals surface area contributed by atoms with E-state index in [0.717, 1.165) is 81.2 Å². The summed E-state index contributed by atoms with van der Waals surface area (Å²) < 4.78 is 8.39. The molecular weight excluding hydrogens is 426 g/mol. The third kappa shape index (κ3) is 4.23. The van der Waals surface area contributed by atoms with E-state index in [1.807, 2.05) is 11.0 Å². The first-order valence-electron chi connectivity index (χ1n) is 13.3. The smallest absolute Gasteiger partial charge is 0.274 e. The fourth-order valence-electron chi connectivity index (χ4n) is 6.38. The molecule has 2 saturated carbocycles. The lowest BCUT2D eigenvalue weighted by Crippen LogP contribution is -2.43. The highest BCUT2D eigenvalue weighted by Gasteiger charge is 2.50. The van der Waals surface area contributed by atoms with Gasteiger partial charge in [0.2, 0.25) is 5.88 Å². The van der Waals surface area contributed by atoms with Crippen LogP contribution in [-0.4, -0.2) is 50.8 Å². The average Bonchev–Trinajstić information content (AvgIpc) is 3.37. The molecule has 6 rings (SSSR count). The molecule has 2 atom stereocenters. The van der Waals surface area contributed by atoms with Crippen LogP contribution >= 0.6 is 0 Å². The fraction of sp³-hybridized carbons (Fsp3) is 0.667. The minimum Gasteiger partial charge on any atom is -0.474 e. The van der Waals surface area contributed by atoms with Crippen LogP contribution in [0, 0.1) is 18.8 Å². The number of nitrogens with two attached hydrogens (primary N) is 1. The Balaban J connectivity index is 1.07. The molecule has 4 aliphatic rings. The van der Waals surface area contributed by atoms with Crippen LogP contribution in [-0.2, 0) is 13.0 Å². The number of rotatable bonds is 6. The van der Waals surface area contributed by atoms with Crippen molar-refractivity contribution in [2.75, 3.05) is 13.1 Å². The minimum atomic E-state index is 0.136. The first-order valence-corrected chi connectivity index (χ1v) is 13.3. The van der Waals surface area contributed by atoms with Gasteiger partial charge in [-0.2, -0.15) is 5.10 Å². The topological polar surface area (TPSA) is 86.3 Å². The number of aryl methyl sites for hydroxylation is 2. The summed E-state index contributed by atoms with van der Waals surface area (Å²) in [5.74, 6) is 2.95. The van der Waals surface area contributed by atoms with Crippen molar-refractivity contribution in [3.63, 3.8) is 0 Å². The lowest BCUT2D eigenvalue weighted by Gasteiger charge is -2.29. The molecule has 7 nitrogen and oxygen atoms in total. The van der Waals surface area contributed by atoms with Gasteiger partial charge < -0.3 is 15.4 Å². The van der Waals surface area contributed by atoms with Crippen molar-refractivity contribution < 1.29 is 9.53 Å². The Kier molecular flexibility index (Phi) is 5.84. The van der Waals surface area contributed by atoms with Gasteiger partial charge in [-0.25, -0.2) is 4.98 Å². The molecule has 2 aromatic rings. The Morgan fingerprint density at radius 1 is 1.18 bits per heavy atom. The zero-order valence-corrected chi connectivity index (χ0v) is 20.3. The molecule has 0 bridgehead atoms. The molecule has 2 N–H and O–H groups in total. The molecule has 1 amide bonds. The average molecular weight is 464 g/mol. The Hall–Kier alpha value is -2.41. The standard InChI is InChI=1S/C27H37N5O2/c1-17-3-2-11-29-26(17)34-21-6-4-18(5-7-21)8-14-32-23-16-19-15-22(19)24(23)25(30-32)27(33)31-12-9-20(28)10-13-31/h2-3,11,18-22H,4-10,12-16,28H2,1H3/t18?,19-,21?,22-/m1/s1. The van der Waals surface area contributed by atoms with Gasteiger partial charge in [0.1, 0.15) is 6.10 Å². The Labute approximate surface area is 202 Å². The van der Waals surface area contributed by atoms with Crippen molar-refractivity contribution in [2.24, 2.45) is 17.6 Å². The number of carbonyl (C=O) groups is 1. The molecule has 182 valence electrons. The number of amides is 1. The summed E-state index contributed by atoms with van der Waals surface area (Å²) in [5, 5.41) is 4.93. The second-order valence-corrected chi connectivity index (χ2v) is 11.0. The molecule has 0 spiro atoms. The van der Waals surface area contributed by atoms with Crippen LogP contribution in [0.15, 0.2) is 18.3 Å². The van der Waals surface area contributed by atoms with Crippen molar-refractivity contribution in [2.45, 2.75) is 89.3 Å². The van der Waals surface area contributed by atoms with Crippen LogP contribution in [0.25, 0.3) is 0 Å². The van der Waals surface area contributed by atoms with Crippen LogP contribution in [0.4, 0.5) is 0 Å². The summed E-state index contributed by atoms with van der Waals surface area (Å²) in [6.07, 6.45) is 11.9. The van der Waals surface area contributed by atoms with Crippen LogP contribution < -0.4 is 10.5 Å². The Bertz CT molecular complexity index is 1050. The zero-order chi connectivity index (χ0) is 23.2. The largest absolute Gasteiger partial charge is 0.474 e. The highest BCUT2D eigenvalue weighted by atomic mass is 16.5. The molecule has 1 aliphatic heterocycles. The van der Waals surface area contributed by atoms with Crippen LogP contribution in [0.3, 0.4) is 0 Å². The second-order valence-electron chi connectivity index (χ2n) is 11.0. The highest BCUT2D eigenvalue weighted by molar-refractivity contribution is 5.94. The number of hydrogen-bond acceptors (Lipinski definition) is 5. The third-order valence-electron chi connectivity index (χ3n) is 8.66. The van der Waals surface area contributed by atoms with Crippen molar-refractivity contribution in [3.8, 4) is 5.88 Å². The summed E-state index contributed by atoms with van der Waals surface area (Å²) >= 11 is 0. The van der Waals surface area contributed by atoms with Gasteiger partial charge in [0.15, 0.2) is 5.69 Å². The number of aromatic nitrogens is 3. The predicted octanol–water partition coefficient (Wildman–Crippen LogP) is 3.84. The van der Waals surface area contributed by atoms with E-state index in [-0.39, 0.29) is 18.1 Å². The highest BCUT2D eigenvalue weighted by Crippen LogP contribution is 2.57. The van der Waals surface area contributed by atoms with E-state index in [1.165, 1.54) is 30.5 Å². The lowest BCUT2D eigenvalue weighted by atomic mass is 9.85. The number of fused-ring (bicyclic) bond motifs is 3. The third-order valence-corrected chi connectivity index (χ3v) is 8.66. The normalized spacial score (nSPS) is 28.5. The van der Waals surface area contributed by atoms with E-state index in [4.69, 9.17) is 15.6 Å². The fourth-order valence-corrected chi connectivity index (χ4v) is 6.38. The molecule has 7 heteroatoms. The van der Waals surface area contributed by atoms with Gasteiger partial charge >= 0.3 is 0 Å². The maximum Gasteiger partial charge on any atom is 0.274 e. The number of hydrogen-bond donors (Lipinski definition) is 1. The number of piperidine rings is 1. The number of pyridine rings is 1. The molecule has 1 saturated heterocycles. The summed E-state index contributed by atoms with van der Waals surface area (Å²) in [6.45, 7) is 4.51. The number of likely N-dealkylation sites (tertiary alicyclic amines) is 1. The molecule has 3 heterocycles. The number of ether oxygens (including phenoxy) is 1. The summed E-state index contributed by atoms with van der Waals surface area (Å²) in [6, 6.07) is 4.24. The van der Waals surface area contributed by atoms with Crippen LogP contribution in [0.2, 0.25) is 0 Å². The molecule has 0 radical (unpaired) electrons. The maximum atomic E-state index is 13.3. The number of carbonyl (C=O) groups excluding carboxylic acids is 1. The summed E-state index contributed by atoms with van der Waals surface area (Å²) in [4.78, 5) is 19.7. The molecule has 0 unspecified atom stereocenters. The lowest BCUT2D eigenvalue weighted by molar-refractivity contribution is 0.0706. The molecule has 34 heavy (non-hydrogen) atoms. The first-order chi connectivity index (χ1) is 16.6. The van der Waals surface area contributed by atoms with Gasteiger partial charge in [-0.1, -0.05) is 6.07 Å². The van der Waals surface area contributed by atoms with Gasteiger partial charge in [-0.15, -0.1) is 0 Å². The van der Waals surface area contributed by atoms with Gasteiger partial charge in [-0.3, -0.25) is 9.48 Å². The molecular formula is C27H37N5O2. The first kappa shape index (κ1) is 22.1. The Morgan fingerprint density at radius 3 is 2.74 bits per heavy atom.